The topological polar surface area (TPSA) is 69.9 Å². The number of furan rings is 1. The van der Waals surface area contributed by atoms with E-state index in [0.29, 0.717) is 46.9 Å². The summed E-state index contributed by atoms with van der Waals surface area (Å²) in [7, 11) is 0. The zero-order chi connectivity index (χ0) is 26.5. The highest BCUT2D eigenvalue weighted by Gasteiger charge is 2.27. The van der Waals surface area contributed by atoms with Gasteiger partial charge in [0, 0.05) is 42.9 Å². The smallest absolute Gasteiger partial charge is 0.270 e. The van der Waals surface area contributed by atoms with Crippen molar-refractivity contribution in [2.24, 2.45) is 0 Å². The lowest BCUT2D eigenvalue weighted by Gasteiger charge is -2.37. The van der Waals surface area contributed by atoms with Crippen molar-refractivity contribution < 1.29 is 14.0 Å². The van der Waals surface area contributed by atoms with E-state index in [2.05, 4.69) is 18.7 Å². The summed E-state index contributed by atoms with van der Waals surface area (Å²) in [5, 5.41) is 5.46. The van der Waals surface area contributed by atoms with Crippen molar-refractivity contribution in [3.8, 4) is 11.5 Å². The summed E-state index contributed by atoms with van der Waals surface area (Å²) >= 11 is 2.84. The number of likely N-dealkylation sites (tertiary alicyclic amines) is 1. The zero-order valence-electron chi connectivity index (χ0n) is 22.0. The maximum Gasteiger partial charge on any atom is 0.270 e. The second-order valence-electron chi connectivity index (χ2n) is 9.53. The maximum atomic E-state index is 13.4. The Labute approximate surface area is 231 Å². The van der Waals surface area contributed by atoms with Crippen LogP contribution in [0.1, 0.15) is 49.2 Å². The Bertz CT molecular complexity index is 1320. The fraction of sp³-hybridized carbons (Fsp3) is 0.414. The first-order chi connectivity index (χ1) is 18.6. The minimum atomic E-state index is -0.0852. The Balaban J connectivity index is 1.24. The van der Waals surface area contributed by atoms with E-state index < -0.39 is 0 Å². The molecule has 7 nitrogen and oxygen atoms in total. The normalized spacial score (nSPS) is 14.4. The van der Waals surface area contributed by atoms with Crippen LogP contribution in [-0.2, 0) is 4.79 Å². The van der Waals surface area contributed by atoms with E-state index in [4.69, 9.17) is 9.40 Å². The number of carbonyl (C=O) groups excluding carboxylic acids is 2. The standard InChI is InChI=1S/C29H34N4O3S2/c1-3-31(4-2)22-13-16-32(17-14-22)27(34)12-7-15-33(28(35)26-11-8-18-37-26)29-30-23(20-38-29)25-19-21-9-5-6-10-24(21)36-25/h5-6,8-11,18-20,22H,3-4,7,12-17H2,1-2H3. The number of hydrogen-bond acceptors (Lipinski definition) is 7. The van der Waals surface area contributed by atoms with Crippen LogP contribution in [0.4, 0.5) is 5.13 Å². The molecule has 0 bridgehead atoms. The number of fused-ring (bicyclic) bond motifs is 1. The first-order valence-electron chi connectivity index (χ1n) is 13.4. The molecule has 9 heteroatoms. The van der Waals surface area contributed by atoms with Gasteiger partial charge in [0.25, 0.3) is 5.91 Å². The molecular formula is C29H34N4O3S2. The van der Waals surface area contributed by atoms with Gasteiger partial charge in [-0.3, -0.25) is 14.5 Å². The van der Waals surface area contributed by atoms with Gasteiger partial charge in [-0.1, -0.05) is 38.1 Å². The number of thiazole rings is 1. The number of aromatic nitrogens is 1. The van der Waals surface area contributed by atoms with Crippen LogP contribution >= 0.6 is 22.7 Å². The molecule has 200 valence electrons. The first-order valence-corrected chi connectivity index (χ1v) is 15.1. The van der Waals surface area contributed by atoms with Crippen molar-refractivity contribution in [3.63, 3.8) is 0 Å². The number of amides is 2. The van der Waals surface area contributed by atoms with Gasteiger partial charge in [0.15, 0.2) is 10.9 Å². The van der Waals surface area contributed by atoms with E-state index in [9.17, 15) is 9.59 Å². The predicted octanol–water partition coefficient (Wildman–Crippen LogP) is 6.38. The van der Waals surface area contributed by atoms with Gasteiger partial charge < -0.3 is 14.2 Å². The van der Waals surface area contributed by atoms with Crippen molar-refractivity contribution in [2.45, 2.75) is 45.6 Å². The molecule has 5 rings (SSSR count). The van der Waals surface area contributed by atoms with Crippen LogP contribution in [0.25, 0.3) is 22.4 Å². The Morgan fingerprint density at radius 3 is 2.58 bits per heavy atom. The molecule has 0 atom stereocenters. The average Bonchev–Trinajstić information content (AvgIpc) is 3.72. The lowest BCUT2D eigenvalue weighted by Crippen LogP contribution is -2.46. The molecule has 0 N–H and O–H groups in total. The Hall–Kier alpha value is -3.01. The van der Waals surface area contributed by atoms with Gasteiger partial charge >= 0.3 is 0 Å². The van der Waals surface area contributed by atoms with E-state index in [0.717, 1.165) is 50.0 Å². The zero-order valence-corrected chi connectivity index (χ0v) is 23.6. The number of nitrogens with zero attached hydrogens (tertiary/aromatic N) is 4. The first kappa shape index (κ1) is 26.6. The second-order valence-corrected chi connectivity index (χ2v) is 11.3. The Morgan fingerprint density at radius 1 is 1.08 bits per heavy atom. The van der Waals surface area contributed by atoms with Crippen LogP contribution in [0.15, 0.2) is 57.6 Å². The SMILES string of the molecule is CCN(CC)C1CCN(C(=O)CCCN(C(=O)c2cccs2)c2nc(-c3cc4ccccc4o3)cs2)CC1. The van der Waals surface area contributed by atoms with Gasteiger partial charge in [-0.15, -0.1) is 22.7 Å². The fourth-order valence-electron chi connectivity index (χ4n) is 5.19. The van der Waals surface area contributed by atoms with E-state index in [1.54, 1.807) is 4.90 Å². The summed E-state index contributed by atoms with van der Waals surface area (Å²) in [6.45, 7) is 8.57. The molecule has 0 spiro atoms. The summed E-state index contributed by atoms with van der Waals surface area (Å²) < 4.78 is 5.99. The summed E-state index contributed by atoms with van der Waals surface area (Å²) in [5.41, 5.74) is 1.51. The maximum absolute atomic E-state index is 13.4. The van der Waals surface area contributed by atoms with Crippen LogP contribution in [-0.4, -0.2) is 65.4 Å². The molecule has 1 saturated heterocycles. The van der Waals surface area contributed by atoms with Crippen molar-refractivity contribution in [1.82, 2.24) is 14.8 Å². The fourth-order valence-corrected chi connectivity index (χ4v) is 6.70. The van der Waals surface area contributed by atoms with Crippen LogP contribution in [0.3, 0.4) is 0 Å². The third-order valence-electron chi connectivity index (χ3n) is 7.30. The van der Waals surface area contributed by atoms with Gasteiger partial charge in [0.2, 0.25) is 5.91 Å². The largest absolute Gasteiger partial charge is 0.454 e. The number of hydrogen-bond donors (Lipinski definition) is 0. The third-order valence-corrected chi connectivity index (χ3v) is 9.02. The molecule has 1 aliphatic heterocycles. The molecule has 2 amide bonds. The lowest BCUT2D eigenvalue weighted by molar-refractivity contribution is -0.132. The van der Waals surface area contributed by atoms with E-state index in [1.165, 1.54) is 22.7 Å². The summed E-state index contributed by atoms with van der Waals surface area (Å²) in [4.78, 5) is 38.0. The monoisotopic (exact) mass is 550 g/mol. The number of rotatable bonds is 10. The molecule has 0 unspecified atom stereocenters. The van der Waals surface area contributed by atoms with E-state index in [1.807, 2.05) is 58.1 Å². The third kappa shape index (κ3) is 5.85. The van der Waals surface area contributed by atoms with Crippen LogP contribution < -0.4 is 4.90 Å². The lowest BCUT2D eigenvalue weighted by atomic mass is 10.0. The van der Waals surface area contributed by atoms with Gasteiger partial charge in [-0.25, -0.2) is 4.98 Å². The highest BCUT2D eigenvalue weighted by molar-refractivity contribution is 7.14. The minimum Gasteiger partial charge on any atom is -0.454 e. The molecule has 1 fully saturated rings. The molecule has 0 aliphatic carbocycles. The highest BCUT2D eigenvalue weighted by Crippen LogP contribution is 2.32. The van der Waals surface area contributed by atoms with Crippen LogP contribution in [0.2, 0.25) is 0 Å². The molecule has 3 aromatic heterocycles. The number of carbonyl (C=O) groups is 2. The molecule has 1 aliphatic rings. The van der Waals surface area contributed by atoms with Gasteiger partial charge in [-0.2, -0.15) is 0 Å². The molecule has 0 radical (unpaired) electrons. The number of anilines is 1. The van der Waals surface area contributed by atoms with Crippen LogP contribution in [0.5, 0.6) is 0 Å². The highest BCUT2D eigenvalue weighted by atomic mass is 32.1. The number of piperidine rings is 1. The van der Waals surface area contributed by atoms with Gasteiger partial charge in [0.05, 0.1) is 4.88 Å². The van der Waals surface area contributed by atoms with E-state index in [-0.39, 0.29) is 11.8 Å². The number of thiophene rings is 1. The van der Waals surface area contributed by atoms with Gasteiger partial charge in [-0.05, 0) is 55.9 Å². The molecular weight excluding hydrogens is 516 g/mol. The second kappa shape index (κ2) is 12.2. The summed E-state index contributed by atoms with van der Waals surface area (Å²) in [5.74, 6) is 0.770. The van der Waals surface area contributed by atoms with E-state index >= 15 is 0 Å². The molecule has 0 saturated carbocycles. The molecule has 1 aromatic carbocycles. The molecule has 4 aromatic rings. The predicted molar refractivity (Wildman–Crippen MR) is 155 cm³/mol. The summed E-state index contributed by atoms with van der Waals surface area (Å²) in [6.07, 6.45) is 3.07. The van der Waals surface area contributed by atoms with Crippen molar-refractivity contribution in [1.29, 1.82) is 0 Å². The quantitative estimate of drug-likeness (QED) is 0.229. The van der Waals surface area contributed by atoms with Crippen molar-refractivity contribution >= 4 is 50.6 Å². The van der Waals surface area contributed by atoms with Gasteiger partial charge in [0.1, 0.15) is 11.3 Å². The Kier molecular flexibility index (Phi) is 8.56. The summed E-state index contributed by atoms with van der Waals surface area (Å²) in [6, 6.07) is 14.1. The van der Waals surface area contributed by atoms with Crippen molar-refractivity contribution in [3.05, 3.63) is 58.1 Å². The average molecular weight is 551 g/mol. The number of benzene rings is 1. The number of para-hydroxylation sites is 1. The molecule has 4 heterocycles. The Morgan fingerprint density at radius 2 is 1.87 bits per heavy atom. The van der Waals surface area contributed by atoms with Crippen molar-refractivity contribution in [2.75, 3.05) is 37.6 Å². The minimum absolute atomic E-state index is 0.0852. The van der Waals surface area contributed by atoms with Crippen LogP contribution in [0, 0.1) is 0 Å². The molecule has 38 heavy (non-hydrogen) atoms.